The minimum atomic E-state index is -0.0210. The zero-order valence-corrected chi connectivity index (χ0v) is 11.5. The summed E-state index contributed by atoms with van der Waals surface area (Å²) in [6.07, 6.45) is 0. The molecule has 0 atom stereocenters. The molecule has 0 aliphatic rings. The van der Waals surface area contributed by atoms with Gasteiger partial charge in [-0.15, -0.1) is 0 Å². The molecule has 0 aromatic heterocycles. The van der Waals surface area contributed by atoms with Crippen LogP contribution in [0.3, 0.4) is 0 Å². The third kappa shape index (κ3) is 2.02. The quantitative estimate of drug-likeness (QED) is 0.797. The van der Waals surface area contributed by atoms with E-state index in [1.807, 2.05) is 13.8 Å². The lowest BCUT2D eigenvalue weighted by Gasteiger charge is -2.15. The van der Waals surface area contributed by atoms with Gasteiger partial charge in [0.05, 0.1) is 10.0 Å². The highest BCUT2D eigenvalue weighted by molar-refractivity contribution is 6.36. The number of halogens is 2. The average Bonchev–Trinajstić information content (AvgIpc) is 2.33. The van der Waals surface area contributed by atoms with E-state index in [1.165, 1.54) is 6.07 Å². The molecule has 94 valence electrons. The van der Waals surface area contributed by atoms with E-state index in [9.17, 15) is 10.2 Å². The van der Waals surface area contributed by atoms with Gasteiger partial charge >= 0.3 is 0 Å². The Kier molecular flexibility index (Phi) is 3.42. The summed E-state index contributed by atoms with van der Waals surface area (Å²) in [6.45, 7) is 3.71. The summed E-state index contributed by atoms with van der Waals surface area (Å²) in [5, 5.41) is 20.3. The highest BCUT2D eigenvalue weighted by Crippen LogP contribution is 2.44. The molecule has 0 unspecified atom stereocenters. The van der Waals surface area contributed by atoms with Crippen molar-refractivity contribution in [1.82, 2.24) is 0 Å². The average molecular weight is 283 g/mol. The third-order valence-electron chi connectivity index (χ3n) is 2.92. The molecule has 2 aromatic carbocycles. The third-order valence-corrected chi connectivity index (χ3v) is 3.60. The number of benzene rings is 2. The number of phenols is 2. The van der Waals surface area contributed by atoms with Gasteiger partial charge in [-0.05, 0) is 37.1 Å². The van der Waals surface area contributed by atoms with E-state index < -0.39 is 0 Å². The standard InChI is InChI=1S/C14H12Cl2O2/c1-7-4-6-10(17)13(16)11(7)12-8(2)3-5-9(15)14(12)18/h3-6,17-18H,1-2H3. The topological polar surface area (TPSA) is 40.5 Å². The molecule has 18 heavy (non-hydrogen) atoms. The second kappa shape index (κ2) is 4.71. The van der Waals surface area contributed by atoms with Crippen molar-refractivity contribution in [3.05, 3.63) is 45.4 Å². The molecule has 0 spiro atoms. The van der Waals surface area contributed by atoms with Gasteiger partial charge in [-0.1, -0.05) is 35.3 Å². The van der Waals surface area contributed by atoms with Crippen molar-refractivity contribution in [3.63, 3.8) is 0 Å². The smallest absolute Gasteiger partial charge is 0.142 e. The van der Waals surface area contributed by atoms with Crippen molar-refractivity contribution in [1.29, 1.82) is 0 Å². The Morgan fingerprint density at radius 1 is 0.833 bits per heavy atom. The first kappa shape index (κ1) is 13.1. The van der Waals surface area contributed by atoms with Gasteiger partial charge in [-0.25, -0.2) is 0 Å². The summed E-state index contributed by atoms with van der Waals surface area (Å²) >= 11 is 12.0. The Hall–Kier alpha value is -1.38. The minimum absolute atomic E-state index is 0.0176. The number of hydrogen-bond acceptors (Lipinski definition) is 2. The molecular formula is C14H12Cl2O2. The molecule has 2 nitrogen and oxygen atoms in total. The SMILES string of the molecule is Cc1ccc(Cl)c(O)c1-c1c(C)ccc(O)c1Cl. The Balaban J connectivity index is 2.85. The van der Waals surface area contributed by atoms with Crippen LogP contribution in [-0.2, 0) is 0 Å². The largest absolute Gasteiger partial charge is 0.506 e. The zero-order valence-electron chi connectivity index (χ0n) is 9.96. The van der Waals surface area contributed by atoms with E-state index in [2.05, 4.69) is 0 Å². The van der Waals surface area contributed by atoms with Crippen LogP contribution in [-0.4, -0.2) is 10.2 Å². The van der Waals surface area contributed by atoms with E-state index in [4.69, 9.17) is 23.2 Å². The van der Waals surface area contributed by atoms with Gasteiger partial charge in [0.1, 0.15) is 11.5 Å². The molecule has 0 saturated carbocycles. The molecule has 0 fully saturated rings. The van der Waals surface area contributed by atoms with Gasteiger partial charge < -0.3 is 10.2 Å². The summed E-state index contributed by atoms with van der Waals surface area (Å²) < 4.78 is 0. The summed E-state index contributed by atoms with van der Waals surface area (Å²) in [5.74, 6) is -0.0386. The maximum Gasteiger partial charge on any atom is 0.142 e. The van der Waals surface area contributed by atoms with Crippen LogP contribution < -0.4 is 0 Å². The second-order valence-corrected chi connectivity index (χ2v) is 4.96. The molecule has 0 aliphatic heterocycles. The molecule has 2 aromatic rings. The Bertz CT molecular complexity index is 566. The fraction of sp³-hybridized carbons (Fsp3) is 0.143. The lowest BCUT2D eigenvalue weighted by molar-refractivity contribution is 0.474. The number of hydrogen-bond donors (Lipinski definition) is 2. The van der Waals surface area contributed by atoms with Crippen LogP contribution >= 0.6 is 23.2 Å². The molecule has 2 rings (SSSR count). The zero-order chi connectivity index (χ0) is 13.4. The highest BCUT2D eigenvalue weighted by atomic mass is 35.5. The number of aromatic hydroxyl groups is 2. The van der Waals surface area contributed by atoms with Gasteiger partial charge in [-0.3, -0.25) is 0 Å². The molecule has 0 aliphatic carbocycles. The van der Waals surface area contributed by atoms with Crippen LogP contribution in [0.2, 0.25) is 10.0 Å². The van der Waals surface area contributed by atoms with Gasteiger partial charge in [0, 0.05) is 11.1 Å². The fourth-order valence-corrected chi connectivity index (χ4v) is 2.41. The molecule has 0 saturated heterocycles. The van der Waals surface area contributed by atoms with Gasteiger partial charge in [-0.2, -0.15) is 0 Å². The number of phenolic OH excluding ortho intramolecular Hbond substituents is 2. The van der Waals surface area contributed by atoms with Crippen molar-refractivity contribution >= 4 is 23.2 Å². The summed E-state index contributed by atoms with van der Waals surface area (Å²) in [5.41, 5.74) is 2.86. The molecule has 4 heteroatoms. The minimum Gasteiger partial charge on any atom is -0.506 e. The first-order valence-electron chi connectivity index (χ1n) is 5.40. The Morgan fingerprint density at radius 3 is 2.06 bits per heavy atom. The van der Waals surface area contributed by atoms with Gasteiger partial charge in [0.15, 0.2) is 0 Å². The van der Waals surface area contributed by atoms with Crippen LogP contribution in [0, 0.1) is 13.8 Å². The van der Waals surface area contributed by atoms with Crippen LogP contribution in [0.5, 0.6) is 11.5 Å². The number of aryl methyl sites for hydroxylation is 2. The second-order valence-electron chi connectivity index (χ2n) is 4.18. The lowest BCUT2D eigenvalue weighted by atomic mass is 9.95. The van der Waals surface area contributed by atoms with Crippen molar-refractivity contribution in [2.75, 3.05) is 0 Å². The van der Waals surface area contributed by atoms with E-state index in [1.54, 1.807) is 18.2 Å². The first-order chi connectivity index (χ1) is 8.43. The van der Waals surface area contributed by atoms with Gasteiger partial charge in [0.25, 0.3) is 0 Å². The maximum absolute atomic E-state index is 10.1. The van der Waals surface area contributed by atoms with Crippen LogP contribution in [0.4, 0.5) is 0 Å². The highest BCUT2D eigenvalue weighted by Gasteiger charge is 2.18. The Labute approximate surface area is 115 Å². The van der Waals surface area contributed by atoms with Crippen molar-refractivity contribution < 1.29 is 10.2 Å². The molecule has 0 heterocycles. The van der Waals surface area contributed by atoms with Crippen molar-refractivity contribution in [3.8, 4) is 22.6 Å². The summed E-state index contributed by atoms with van der Waals surface area (Å²) in [7, 11) is 0. The predicted molar refractivity (Wildman–Crippen MR) is 74.7 cm³/mol. The van der Waals surface area contributed by atoms with Crippen molar-refractivity contribution in [2.24, 2.45) is 0 Å². The Morgan fingerprint density at radius 2 is 1.39 bits per heavy atom. The molecule has 0 radical (unpaired) electrons. The van der Waals surface area contributed by atoms with Crippen LogP contribution in [0.15, 0.2) is 24.3 Å². The summed E-state index contributed by atoms with van der Waals surface area (Å²) in [6, 6.07) is 6.70. The van der Waals surface area contributed by atoms with Crippen LogP contribution in [0.25, 0.3) is 11.1 Å². The van der Waals surface area contributed by atoms with Crippen LogP contribution in [0.1, 0.15) is 11.1 Å². The van der Waals surface area contributed by atoms with E-state index in [0.717, 1.165) is 11.1 Å². The molecular weight excluding hydrogens is 271 g/mol. The van der Waals surface area contributed by atoms with Crippen molar-refractivity contribution in [2.45, 2.75) is 13.8 Å². The first-order valence-corrected chi connectivity index (χ1v) is 6.15. The van der Waals surface area contributed by atoms with E-state index in [-0.39, 0.29) is 21.5 Å². The fourth-order valence-electron chi connectivity index (χ4n) is 1.95. The maximum atomic E-state index is 10.1. The molecule has 0 amide bonds. The van der Waals surface area contributed by atoms with Gasteiger partial charge in [0.2, 0.25) is 0 Å². The predicted octanol–water partition coefficient (Wildman–Crippen LogP) is 4.69. The molecule has 0 bridgehead atoms. The number of rotatable bonds is 1. The summed E-state index contributed by atoms with van der Waals surface area (Å²) in [4.78, 5) is 0. The molecule has 2 N–H and O–H groups in total. The van der Waals surface area contributed by atoms with E-state index >= 15 is 0 Å². The van der Waals surface area contributed by atoms with E-state index in [0.29, 0.717) is 11.1 Å². The normalized spacial score (nSPS) is 10.7. The monoisotopic (exact) mass is 282 g/mol. The lowest BCUT2D eigenvalue weighted by Crippen LogP contribution is -1.90.